The van der Waals surface area contributed by atoms with Crippen molar-refractivity contribution in [2.75, 3.05) is 6.54 Å². The molecule has 1 aromatic carbocycles. The molecule has 1 aliphatic heterocycles. The van der Waals surface area contributed by atoms with Gasteiger partial charge in [-0.2, -0.15) is 5.10 Å². The van der Waals surface area contributed by atoms with Gasteiger partial charge >= 0.3 is 0 Å². The van der Waals surface area contributed by atoms with Crippen LogP contribution in [0.15, 0.2) is 54.9 Å². The van der Waals surface area contributed by atoms with Gasteiger partial charge in [-0.15, -0.1) is 0 Å². The molecular formula is C21H23FN4. The zero-order valence-electron chi connectivity index (χ0n) is 15.0. The smallest absolute Gasteiger partial charge is 0.123 e. The van der Waals surface area contributed by atoms with Crippen LogP contribution in [0.3, 0.4) is 0 Å². The third kappa shape index (κ3) is 3.68. The first-order valence-corrected chi connectivity index (χ1v) is 9.09. The van der Waals surface area contributed by atoms with E-state index < -0.39 is 0 Å². The first kappa shape index (κ1) is 16.9. The topological polar surface area (TPSA) is 34.0 Å². The molecule has 3 aromatic rings. The Labute approximate surface area is 153 Å². The third-order valence-corrected chi connectivity index (χ3v) is 5.16. The minimum Gasteiger partial charge on any atom is -0.289 e. The highest BCUT2D eigenvalue weighted by atomic mass is 19.1. The predicted octanol–water partition coefficient (Wildman–Crippen LogP) is 3.88. The van der Waals surface area contributed by atoms with E-state index in [1.54, 1.807) is 0 Å². The number of pyridine rings is 1. The van der Waals surface area contributed by atoms with E-state index in [-0.39, 0.29) is 5.82 Å². The van der Waals surface area contributed by atoms with Gasteiger partial charge in [-0.05, 0) is 61.2 Å². The Balaban J connectivity index is 1.45. The maximum absolute atomic E-state index is 13.0. The van der Waals surface area contributed by atoms with Gasteiger partial charge in [0.1, 0.15) is 5.82 Å². The third-order valence-electron chi connectivity index (χ3n) is 5.16. The molecule has 0 amide bonds. The highest BCUT2D eigenvalue weighted by Gasteiger charge is 2.27. The van der Waals surface area contributed by atoms with E-state index in [4.69, 9.17) is 4.98 Å². The average Bonchev–Trinajstić information content (AvgIpc) is 3.28. The number of rotatable bonds is 5. The largest absolute Gasteiger partial charge is 0.289 e. The van der Waals surface area contributed by atoms with E-state index in [0.717, 1.165) is 42.8 Å². The number of benzene rings is 1. The average molecular weight is 350 g/mol. The molecule has 134 valence electrons. The summed E-state index contributed by atoms with van der Waals surface area (Å²) in [5.74, 6) is -0.197. The van der Waals surface area contributed by atoms with E-state index in [2.05, 4.69) is 28.2 Å². The van der Waals surface area contributed by atoms with Crippen molar-refractivity contribution in [3.63, 3.8) is 0 Å². The van der Waals surface area contributed by atoms with E-state index in [0.29, 0.717) is 6.04 Å². The lowest BCUT2D eigenvalue weighted by Gasteiger charge is -2.24. The van der Waals surface area contributed by atoms with Crippen LogP contribution in [0.1, 0.15) is 41.4 Å². The van der Waals surface area contributed by atoms with E-state index in [1.807, 2.05) is 36.3 Å². The monoisotopic (exact) mass is 350 g/mol. The summed E-state index contributed by atoms with van der Waals surface area (Å²) in [5, 5.41) is 4.26. The summed E-state index contributed by atoms with van der Waals surface area (Å²) in [6, 6.07) is 13.4. The van der Waals surface area contributed by atoms with Crippen molar-refractivity contribution < 1.29 is 4.39 Å². The van der Waals surface area contributed by atoms with Gasteiger partial charge in [0.05, 0.1) is 17.4 Å². The summed E-state index contributed by atoms with van der Waals surface area (Å²) in [4.78, 5) is 7.22. The molecule has 5 heteroatoms. The van der Waals surface area contributed by atoms with Crippen LogP contribution < -0.4 is 0 Å². The maximum atomic E-state index is 13.0. The summed E-state index contributed by atoms with van der Waals surface area (Å²) in [6.07, 6.45) is 6.92. The molecule has 0 unspecified atom stereocenters. The van der Waals surface area contributed by atoms with Gasteiger partial charge in [-0.3, -0.25) is 14.6 Å². The molecule has 1 fully saturated rings. The minimum atomic E-state index is -0.197. The van der Waals surface area contributed by atoms with Crippen LogP contribution in [-0.2, 0) is 20.0 Å². The Bertz CT molecular complexity index is 854. The van der Waals surface area contributed by atoms with Crippen LogP contribution in [0, 0.1) is 5.82 Å². The lowest BCUT2D eigenvalue weighted by molar-refractivity contribution is 0.238. The van der Waals surface area contributed by atoms with Crippen LogP contribution in [0.4, 0.5) is 4.39 Å². The Morgan fingerprint density at radius 2 is 1.88 bits per heavy atom. The second kappa shape index (κ2) is 7.38. The van der Waals surface area contributed by atoms with Gasteiger partial charge in [-0.1, -0.05) is 18.2 Å². The second-order valence-corrected chi connectivity index (χ2v) is 6.97. The summed E-state index contributed by atoms with van der Waals surface area (Å²) < 4.78 is 15.0. The van der Waals surface area contributed by atoms with Crippen LogP contribution in [0.5, 0.6) is 0 Å². The molecule has 4 rings (SSSR count). The van der Waals surface area contributed by atoms with Gasteiger partial charge in [0.15, 0.2) is 0 Å². The number of hydrogen-bond acceptors (Lipinski definition) is 3. The van der Waals surface area contributed by atoms with E-state index >= 15 is 0 Å². The number of nitrogens with zero attached hydrogens (tertiary/aromatic N) is 4. The zero-order valence-corrected chi connectivity index (χ0v) is 15.0. The Morgan fingerprint density at radius 1 is 1.08 bits per heavy atom. The number of aryl methyl sites for hydroxylation is 1. The van der Waals surface area contributed by atoms with Gasteiger partial charge in [0, 0.05) is 26.0 Å². The van der Waals surface area contributed by atoms with Crippen molar-refractivity contribution in [1.29, 1.82) is 0 Å². The molecule has 1 atom stereocenters. The maximum Gasteiger partial charge on any atom is 0.123 e. The van der Waals surface area contributed by atoms with Crippen LogP contribution in [-0.4, -0.2) is 26.2 Å². The SMILES string of the molecule is Cn1nccc1CN1CCC[C@@H]1c1ccc(Cc2ccc(F)cc2)cn1. The van der Waals surface area contributed by atoms with Crippen molar-refractivity contribution in [2.45, 2.75) is 31.8 Å². The summed E-state index contributed by atoms with van der Waals surface area (Å²) >= 11 is 0. The van der Waals surface area contributed by atoms with Gasteiger partial charge in [0.25, 0.3) is 0 Å². The van der Waals surface area contributed by atoms with Gasteiger partial charge in [-0.25, -0.2) is 4.39 Å². The number of hydrogen-bond donors (Lipinski definition) is 0. The highest BCUT2D eigenvalue weighted by molar-refractivity contribution is 5.26. The Kier molecular flexibility index (Phi) is 4.80. The molecule has 0 spiro atoms. The minimum absolute atomic E-state index is 0.197. The highest BCUT2D eigenvalue weighted by Crippen LogP contribution is 2.32. The fourth-order valence-electron chi connectivity index (χ4n) is 3.69. The summed E-state index contributed by atoms with van der Waals surface area (Å²) in [7, 11) is 1.99. The molecule has 4 nitrogen and oxygen atoms in total. The van der Waals surface area contributed by atoms with Crippen molar-refractivity contribution in [3.8, 4) is 0 Å². The van der Waals surface area contributed by atoms with Gasteiger partial charge < -0.3 is 0 Å². The standard InChI is InChI=1S/C21H23FN4/c1-25-19(10-11-24-25)15-26-12-2-3-21(26)20-9-6-17(14-23-20)13-16-4-7-18(22)8-5-16/h4-11,14,21H,2-3,12-13,15H2,1H3/t21-/m1/s1. The molecule has 0 saturated carbocycles. The molecule has 2 aromatic heterocycles. The van der Waals surface area contributed by atoms with Gasteiger partial charge in [0.2, 0.25) is 0 Å². The summed E-state index contributed by atoms with van der Waals surface area (Å²) in [6.45, 7) is 2.00. The molecule has 0 bridgehead atoms. The van der Waals surface area contributed by atoms with E-state index in [9.17, 15) is 4.39 Å². The normalized spacial score (nSPS) is 17.7. The Morgan fingerprint density at radius 3 is 2.58 bits per heavy atom. The molecule has 1 saturated heterocycles. The first-order chi connectivity index (χ1) is 12.7. The van der Waals surface area contributed by atoms with Crippen molar-refractivity contribution in [1.82, 2.24) is 19.7 Å². The quantitative estimate of drug-likeness (QED) is 0.700. The lowest BCUT2D eigenvalue weighted by Crippen LogP contribution is -2.24. The summed E-state index contributed by atoms with van der Waals surface area (Å²) in [5.41, 5.74) is 4.61. The number of aromatic nitrogens is 3. The fourth-order valence-corrected chi connectivity index (χ4v) is 3.69. The first-order valence-electron chi connectivity index (χ1n) is 9.09. The molecular weight excluding hydrogens is 327 g/mol. The van der Waals surface area contributed by atoms with Crippen molar-refractivity contribution >= 4 is 0 Å². The van der Waals surface area contributed by atoms with Crippen LogP contribution in [0.2, 0.25) is 0 Å². The Hall–Kier alpha value is -2.53. The van der Waals surface area contributed by atoms with Crippen molar-refractivity contribution in [2.24, 2.45) is 7.05 Å². The molecule has 0 radical (unpaired) electrons. The predicted molar refractivity (Wildman–Crippen MR) is 99.0 cm³/mol. The number of halogens is 1. The number of likely N-dealkylation sites (tertiary alicyclic amines) is 1. The fraction of sp³-hybridized carbons (Fsp3) is 0.333. The molecule has 3 heterocycles. The molecule has 0 N–H and O–H groups in total. The van der Waals surface area contributed by atoms with Crippen molar-refractivity contribution in [3.05, 3.63) is 83.2 Å². The molecule has 0 aliphatic carbocycles. The molecule has 26 heavy (non-hydrogen) atoms. The lowest BCUT2D eigenvalue weighted by atomic mass is 10.0. The second-order valence-electron chi connectivity index (χ2n) is 6.97. The molecule has 1 aliphatic rings. The van der Waals surface area contributed by atoms with Crippen LogP contribution >= 0.6 is 0 Å². The van der Waals surface area contributed by atoms with Crippen LogP contribution in [0.25, 0.3) is 0 Å². The van der Waals surface area contributed by atoms with E-state index in [1.165, 1.54) is 24.2 Å². The zero-order chi connectivity index (χ0) is 17.9.